The van der Waals surface area contributed by atoms with Gasteiger partial charge in [0.25, 0.3) is 0 Å². The average Bonchev–Trinajstić information content (AvgIpc) is 2.80. The molecule has 1 atom stereocenters. The van der Waals surface area contributed by atoms with Gasteiger partial charge in [-0.25, -0.2) is 0 Å². The van der Waals surface area contributed by atoms with Gasteiger partial charge >= 0.3 is 0 Å². The number of hydrogen-bond donors (Lipinski definition) is 1. The zero-order chi connectivity index (χ0) is 21.9. The van der Waals surface area contributed by atoms with Crippen LogP contribution in [-0.4, -0.2) is 88.6 Å². The molecule has 0 spiro atoms. The minimum absolute atomic E-state index is 0. The van der Waals surface area contributed by atoms with Gasteiger partial charge in [-0.05, 0) is 63.9 Å². The number of nitrogens with zero attached hydrogens (tertiary/aromatic N) is 3. The zero-order valence-corrected chi connectivity index (χ0v) is 22.3. The molecule has 2 aliphatic rings. The van der Waals surface area contributed by atoms with Crippen molar-refractivity contribution < 1.29 is 14.2 Å². The van der Waals surface area contributed by atoms with Crippen LogP contribution in [0.4, 0.5) is 0 Å². The van der Waals surface area contributed by atoms with Gasteiger partial charge in [0.2, 0.25) is 0 Å². The fourth-order valence-corrected chi connectivity index (χ4v) is 4.02. The van der Waals surface area contributed by atoms with Gasteiger partial charge in [-0.1, -0.05) is 12.1 Å². The average molecular weight is 561 g/mol. The molecule has 1 aromatic rings. The molecule has 3 rings (SSSR count). The highest BCUT2D eigenvalue weighted by molar-refractivity contribution is 14.0. The van der Waals surface area contributed by atoms with E-state index in [9.17, 15) is 0 Å². The SMILES string of the molecule is CN=C(NCc1cccc(OCCN(C)C)c1)N1CCC(OCC2CCCCO2)CC1.I. The standard InChI is InChI=1S/C24H40N4O3.HI/c1-25-24(26-18-20-7-6-9-22(17-20)30-16-14-27(2)3)28-12-10-21(11-13-28)31-19-23-8-4-5-15-29-23;/h6-7,9,17,21,23H,4-5,8,10-16,18-19H2,1-3H3,(H,25,26);1H. The molecule has 1 aromatic carbocycles. The molecule has 0 bridgehead atoms. The van der Waals surface area contributed by atoms with Gasteiger partial charge in [0.1, 0.15) is 12.4 Å². The maximum Gasteiger partial charge on any atom is 0.193 e. The summed E-state index contributed by atoms with van der Waals surface area (Å²) in [5.74, 6) is 1.86. The highest BCUT2D eigenvalue weighted by Crippen LogP contribution is 2.18. The lowest BCUT2D eigenvalue weighted by atomic mass is 10.1. The molecule has 2 heterocycles. The molecule has 0 radical (unpaired) electrons. The van der Waals surface area contributed by atoms with Crippen molar-refractivity contribution in [1.82, 2.24) is 15.1 Å². The molecule has 1 unspecified atom stereocenters. The summed E-state index contributed by atoms with van der Waals surface area (Å²) in [4.78, 5) is 8.94. The number of ether oxygens (including phenoxy) is 3. The lowest BCUT2D eigenvalue weighted by molar-refractivity contribution is -0.0721. The third-order valence-corrected chi connectivity index (χ3v) is 5.90. The van der Waals surface area contributed by atoms with Crippen LogP contribution in [-0.2, 0) is 16.0 Å². The van der Waals surface area contributed by atoms with Crippen LogP contribution in [0.15, 0.2) is 29.3 Å². The van der Waals surface area contributed by atoms with Crippen molar-refractivity contribution in [2.24, 2.45) is 4.99 Å². The molecule has 2 fully saturated rings. The second-order valence-electron chi connectivity index (χ2n) is 8.71. The van der Waals surface area contributed by atoms with Gasteiger partial charge in [0.15, 0.2) is 5.96 Å². The summed E-state index contributed by atoms with van der Waals surface area (Å²) in [6.45, 7) is 5.88. The van der Waals surface area contributed by atoms with Gasteiger partial charge in [-0.15, -0.1) is 24.0 Å². The molecule has 0 amide bonds. The number of hydrogen-bond acceptors (Lipinski definition) is 5. The van der Waals surface area contributed by atoms with Crippen molar-refractivity contribution in [3.63, 3.8) is 0 Å². The number of rotatable bonds is 9. The Hall–Kier alpha value is -1.10. The van der Waals surface area contributed by atoms with Crippen LogP contribution in [0.2, 0.25) is 0 Å². The number of piperidine rings is 1. The minimum Gasteiger partial charge on any atom is -0.492 e. The molecule has 0 aromatic heterocycles. The summed E-state index contributed by atoms with van der Waals surface area (Å²) >= 11 is 0. The van der Waals surface area contributed by atoms with E-state index in [2.05, 4.69) is 46.3 Å². The van der Waals surface area contributed by atoms with E-state index in [1.54, 1.807) is 0 Å². The minimum atomic E-state index is 0. The first kappa shape index (κ1) is 27.1. The summed E-state index contributed by atoms with van der Waals surface area (Å²) in [6, 6.07) is 8.27. The largest absolute Gasteiger partial charge is 0.492 e. The highest BCUT2D eigenvalue weighted by atomic mass is 127. The van der Waals surface area contributed by atoms with E-state index in [-0.39, 0.29) is 24.0 Å². The van der Waals surface area contributed by atoms with Crippen molar-refractivity contribution in [2.45, 2.75) is 50.9 Å². The van der Waals surface area contributed by atoms with E-state index >= 15 is 0 Å². The molecule has 32 heavy (non-hydrogen) atoms. The van der Waals surface area contributed by atoms with E-state index in [1.807, 2.05) is 19.2 Å². The van der Waals surface area contributed by atoms with Gasteiger partial charge < -0.3 is 29.3 Å². The second kappa shape index (κ2) is 14.9. The molecule has 8 heteroatoms. The first-order valence-corrected chi connectivity index (χ1v) is 11.7. The maximum absolute atomic E-state index is 6.14. The fourth-order valence-electron chi connectivity index (χ4n) is 4.02. The third kappa shape index (κ3) is 9.41. The topological polar surface area (TPSA) is 58.6 Å². The second-order valence-corrected chi connectivity index (χ2v) is 8.71. The molecular weight excluding hydrogens is 519 g/mol. The number of aliphatic imine (C=N–C) groups is 1. The van der Waals surface area contributed by atoms with E-state index in [1.165, 1.54) is 18.4 Å². The number of likely N-dealkylation sites (tertiary alicyclic amines) is 1. The van der Waals surface area contributed by atoms with Gasteiger partial charge in [-0.2, -0.15) is 0 Å². The Morgan fingerprint density at radius 1 is 1.22 bits per heavy atom. The lowest BCUT2D eigenvalue weighted by Crippen LogP contribution is -2.47. The molecule has 0 saturated carbocycles. The van der Waals surface area contributed by atoms with Crippen molar-refractivity contribution >= 4 is 29.9 Å². The van der Waals surface area contributed by atoms with Crippen molar-refractivity contribution in [2.75, 3.05) is 60.6 Å². The predicted octanol–water partition coefficient (Wildman–Crippen LogP) is 3.37. The molecule has 182 valence electrons. The highest BCUT2D eigenvalue weighted by Gasteiger charge is 2.23. The summed E-state index contributed by atoms with van der Waals surface area (Å²) in [7, 11) is 5.96. The van der Waals surface area contributed by atoms with Crippen LogP contribution in [0.3, 0.4) is 0 Å². The van der Waals surface area contributed by atoms with Crippen LogP contribution >= 0.6 is 24.0 Å². The third-order valence-electron chi connectivity index (χ3n) is 5.90. The Labute approximate surface area is 210 Å². The van der Waals surface area contributed by atoms with Crippen LogP contribution in [0.1, 0.15) is 37.7 Å². The monoisotopic (exact) mass is 560 g/mol. The van der Waals surface area contributed by atoms with E-state index in [0.717, 1.165) is 70.4 Å². The molecule has 0 aliphatic carbocycles. The molecule has 1 N–H and O–H groups in total. The predicted molar refractivity (Wildman–Crippen MR) is 140 cm³/mol. The fraction of sp³-hybridized carbons (Fsp3) is 0.708. The number of likely N-dealkylation sites (N-methyl/N-ethyl adjacent to an activating group) is 1. The molecule has 2 aliphatic heterocycles. The van der Waals surface area contributed by atoms with E-state index in [4.69, 9.17) is 14.2 Å². The van der Waals surface area contributed by atoms with E-state index < -0.39 is 0 Å². The van der Waals surface area contributed by atoms with E-state index in [0.29, 0.717) is 18.8 Å². The molecular formula is C24H41IN4O3. The van der Waals surface area contributed by atoms with Gasteiger partial charge in [0.05, 0.1) is 18.8 Å². The summed E-state index contributed by atoms with van der Waals surface area (Å²) in [5, 5.41) is 3.51. The number of benzene rings is 1. The summed E-state index contributed by atoms with van der Waals surface area (Å²) in [6.07, 6.45) is 6.27. The first-order chi connectivity index (χ1) is 15.1. The Balaban J connectivity index is 0.00000363. The van der Waals surface area contributed by atoms with Crippen molar-refractivity contribution in [3.8, 4) is 5.75 Å². The van der Waals surface area contributed by atoms with Gasteiger partial charge in [0, 0.05) is 39.8 Å². The number of halogens is 1. The van der Waals surface area contributed by atoms with Crippen molar-refractivity contribution in [1.29, 1.82) is 0 Å². The maximum atomic E-state index is 6.14. The van der Waals surface area contributed by atoms with Crippen LogP contribution in [0.25, 0.3) is 0 Å². The zero-order valence-electron chi connectivity index (χ0n) is 19.9. The quantitative estimate of drug-likeness (QED) is 0.284. The van der Waals surface area contributed by atoms with Crippen LogP contribution < -0.4 is 10.1 Å². The van der Waals surface area contributed by atoms with Crippen LogP contribution in [0, 0.1) is 0 Å². The van der Waals surface area contributed by atoms with Crippen molar-refractivity contribution in [3.05, 3.63) is 29.8 Å². The molecule has 2 saturated heterocycles. The summed E-state index contributed by atoms with van der Waals surface area (Å²) < 4.78 is 17.8. The first-order valence-electron chi connectivity index (χ1n) is 11.7. The molecule has 7 nitrogen and oxygen atoms in total. The number of nitrogens with one attached hydrogen (secondary N) is 1. The normalized spacial score (nSPS) is 20.2. The van der Waals surface area contributed by atoms with Gasteiger partial charge in [-0.3, -0.25) is 4.99 Å². The number of guanidine groups is 1. The lowest BCUT2D eigenvalue weighted by Gasteiger charge is -2.35. The Morgan fingerprint density at radius 2 is 2.03 bits per heavy atom. The smallest absolute Gasteiger partial charge is 0.193 e. The Morgan fingerprint density at radius 3 is 2.72 bits per heavy atom. The Kier molecular flexibility index (Phi) is 12.7. The summed E-state index contributed by atoms with van der Waals surface area (Å²) in [5.41, 5.74) is 1.19. The van der Waals surface area contributed by atoms with Crippen LogP contribution in [0.5, 0.6) is 5.75 Å². The Bertz CT molecular complexity index is 675.